The highest BCUT2D eigenvalue weighted by atomic mass is 16.6. The summed E-state index contributed by atoms with van der Waals surface area (Å²) >= 11 is 0. The Morgan fingerprint density at radius 1 is 1.04 bits per heavy atom. The maximum absolute atomic E-state index is 11.7. The second kappa shape index (κ2) is 8.86. The molecule has 2 rings (SSSR count). The van der Waals surface area contributed by atoms with Crippen LogP contribution in [0.5, 0.6) is 5.75 Å². The van der Waals surface area contributed by atoms with Crippen LogP contribution in [0.3, 0.4) is 0 Å². The van der Waals surface area contributed by atoms with E-state index >= 15 is 0 Å². The molecule has 6 heteroatoms. The van der Waals surface area contributed by atoms with Crippen LogP contribution in [0.1, 0.15) is 32.1 Å². The highest BCUT2D eigenvalue weighted by Gasteiger charge is 2.21. The zero-order chi connectivity index (χ0) is 17.4. The van der Waals surface area contributed by atoms with Crippen molar-refractivity contribution in [3.63, 3.8) is 0 Å². The van der Waals surface area contributed by atoms with Crippen LogP contribution < -0.4 is 4.74 Å². The molecule has 0 radical (unpaired) electrons. The maximum atomic E-state index is 11.7. The number of esters is 3. The summed E-state index contributed by atoms with van der Waals surface area (Å²) in [6, 6.07) is 8.48. The van der Waals surface area contributed by atoms with E-state index in [1.807, 2.05) is 0 Å². The van der Waals surface area contributed by atoms with Gasteiger partial charge in [0, 0.05) is 5.57 Å². The summed E-state index contributed by atoms with van der Waals surface area (Å²) in [6.45, 7) is 3.01. The van der Waals surface area contributed by atoms with E-state index in [-0.39, 0.29) is 18.1 Å². The molecule has 128 valence electrons. The summed E-state index contributed by atoms with van der Waals surface area (Å²) in [5, 5.41) is 0. The van der Waals surface area contributed by atoms with E-state index in [1.54, 1.807) is 30.3 Å². The van der Waals surface area contributed by atoms with Crippen molar-refractivity contribution in [2.45, 2.75) is 38.2 Å². The van der Waals surface area contributed by atoms with Crippen molar-refractivity contribution in [2.24, 2.45) is 0 Å². The van der Waals surface area contributed by atoms with Crippen molar-refractivity contribution in [1.29, 1.82) is 0 Å². The summed E-state index contributed by atoms with van der Waals surface area (Å²) in [4.78, 5) is 35.0. The first-order chi connectivity index (χ1) is 11.5. The van der Waals surface area contributed by atoms with Crippen LogP contribution in [0.4, 0.5) is 0 Å². The fraction of sp³-hybridized carbons (Fsp3) is 0.389. The molecular formula is C18H20O6. The second-order valence-electron chi connectivity index (χ2n) is 5.54. The molecular weight excluding hydrogens is 312 g/mol. The Kier molecular flexibility index (Phi) is 6.54. The van der Waals surface area contributed by atoms with Gasteiger partial charge >= 0.3 is 17.9 Å². The SMILES string of the molecule is C=C(CC(=O)Oc1ccccc1)C(=O)OCC(=O)OC1CCCC1. The minimum atomic E-state index is -0.816. The van der Waals surface area contributed by atoms with Crippen LogP contribution in [0.2, 0.25) is 0 Å². The Balaban J connectivity index is 1.68. The van der Waals surface area contributed by atoms with Gasteiger partial charge in [0.15, 0.2) is 6.61 Å². The Labute approximate surface area is 140 Å². The highest BCUT2D eigenvalue weighted by Crippen LogP contribution is 2.21. The first-order valence-electron chi connectivity index (χ1n) is 7.84. The third-order valence-corrected chi connectivity index (χ3v) is 3.54. The third kappa shape index (κ3) is 5.87. The highest BCUT2D eigenvalue weighted by molar-refractivity contribution is 5.94. The van der Waals surface area contributed by atoms with Crippen LogP contribution in [0.25, 0.3) is 0 Å². The standard InChI is InChI=1S/C18H20O6/c1-13(11-16(19)23-14-7-3-2-4-8-14)18(21)22-12-17(20)24-15-9-5-6-10-15/h2-4,7-8,15H,1,5-6,9-12H2. The minimum Gasteiger partial charge on any atom is -0.460 e. The lowest BCUT2D eigenvalue weighted by molar-refractivity contribution is -0.160. The number of benzene rings is 1. The molecule has 24 heavy (non-hydrogen) atoms. The van der Waals surface area contributed by atoms with Gasteiger partial charge in [-0.2, -0.15) is 0 Å². The van der Waals surface area contributed by atoms with E-state index in [4.69, 9.17) is 14.2 Å². The Morgan fingerprint density at radius 2 is 1.71 bits per heavy atom. The summed E-state index contributed by atoms with van der Waals surface area (Å²) in [6.07, 6.45) is 3.37. The number of carbonyl (C=O) groups excluding carboxylic acids is 3. The third-order valence-electron chi connectivity index (χ3n) is 3.54. The number of hydrogen-bond acceptors (Lipinski definition) is 6. The molecule has 0 aliphatic heterocycles. The molecule has 1 fully saturated rings. The number of rotatable bonds is 7. The predicted molar refractivity (Wildman–Crippen MR) is 85.1 cm³/mol. The van der Waals surface area contributed by atoms with Gasteiger partial charge in [0.1, 0.15) is 11.9 Å². The lowest BCUT2D eigenvalue weighted by Gasteiger charge is -2.11. The Hall–Kier alpha value is -2.63. The Bertz CT molecular complexity index is 601. The van der Waals surface area contributed by atoms with Gasteiger partial charge in [-0.15, -0.1) is 0 Å². The van der Waals surface area contributed by atoms with Gasteiger partial charge in [-0.1, -0.05) is 24.8 Å². The molecule has 0 atom stereocenters. The smallest absolute Gasteiger partial charge is 0.344 e. The average Bonchev–Trinajstić information content (AvgIpc) is 3.06. The van der Waals surface area contributed by atoms with Crippen molar-refractivity contribution in [3.8, 4) is 5.75 Å². The van der Waals surface area contributed by atoms with Gasteiger partial charge in [-0.05, 0) is 37.8 Å². The van der Waals surface area contributed by atoms with Gasteiger partial charge in [0.05, 0.1) is 6.42 Å². The normalized spacial score (nSPS) is 14.0. The van der Waals surface area contributed by atoms with Crippen LogP contribution in [-0.4, -0.2) is 30.6 Å². The molecule has 1 saturated carbocycles. The molecule has 1 aromatic rings. The van der Waals surface area contributed by atoms with Crippen molar-refractivity contribution in [2.75, 3.05) is 6.61 Å². The summed E-state index contributed by atoms with van der Waals surface area (Å²) < 4.78 is 15.0. The summed E-state index contributed by atoms with van der Waals surface area (Å²) in [5.74, 6) is -1.65. The first kappa shape index (κ1) is 17.7. The number of hydrogen-bond donors (Lipinski definition) is 0. The van der Waals surface area contributed by atoms with E-state index in [0.717, 1.165) is 25.7 Å². The maximum Gasteiger partial charge on any atom is 0.344 e. The van der Waals surface area contributed by atoms with Gasteiger partial charge in [-0.3, -0.25) is 4.79 Å². The largest absolute Gasteiger partial charge is 0.460 e. The van der Waals surface area contributed by atoms with Crippen LogP contribution in [-0.2, 0) is 23.9 Å². The van der Waals surface area contributed by atoms with Gasteiger partial charge in [-0.25, -0.2) is 9.59 Å². The molecule has 1 aliphatic rings. The molecule has 0 unspecified atom stereocenters. The molecule has 6 nitrogen and oxygen atoms in total. The molecule has 1 aromatic carbocycles. The lowest BCUT2D eigenvalue weighted by Crippen LogP contribution is -2.22. The molecule has 0 bridgehead atoms. The average molecular weight is 332 g/mol. The zero-order valence-corrected chi connectivity index (χ0v) is 13.4. The van der Waals surface area contributed by atoms with E-state index in [1.165, 1.54) is 0 Å². The van der Waals surface area contributed by atoms with Crippen molar-refractivity contribution in [3.05, 3.63) is 42.5 Å². The second-order valence-corrected chi connectivity index (χ2v) is 5.54. The molecule has 0 amide bonds. The zero-order valence-electron chi connectivity index (χ0n) is 13.4. The topological polar surface area (TPSA) is 78.9 Å². The summed E-state index contributed by atoms with van der Waals surface area (Å²) in [7, 11) is 0. The number of ether oxygens (including phenoxy) is 3. The van der Waals surface area contributed by atoms with Gasteiger partial charge in [0.25, 0.3) is 0 Å². The van der Waals surface area contributed by atoms with Crippen molar-refractivity contribution >= 4 is 17.9 Å². The molecule has 0 aromatic heterocycles. The van der Waals surface area contributed by atoms with Crippen LogP contribution in [0.15, 0.2) is 42.5 Å². The molecule has 1 aliphatic carbocycles. The van der Waals surface area contributed by atoms with E-state index in [2.05, 4.69) is 6.58 Å². The van der Waals surface area contributed by atoms with E-state index in [9.17, 15) is 14.4 Å². The molecule has 0 spiro atoms. The minimum absolute atomic E-state index is 0.0791. The Morgan fingerprint density at radius 3 is 2.38 bits per heavy atom. The van der Waals surface area contributed by atoms with Crippen LogP contribution >= 0.6 is 0 Å². The van der Waals surface area contributed by atoms with E-state index < -0.39 is 24.5 Å². The number of para-hydroxylation sites is 1. The predicted octanol–water partition coefficient (Wildman–Crippen LogP) is 2.57. The van der Waals surface area contributed by atoms with E-state index in [0.29, 0.717) is 5.75 Å². The molecule has 0 saturated heterocycles. The molecule has 0 heterocycles. The van der Waals surface area contributed by atoms with Crippen LogP contribution in [0, 0.1) is 0 Å². The lowest BCUT2D eigenvalue weighted by atomic mass is 10.2. The summed E-state index contributed by atoms with van der Waals surface area (Å²) in [5.41, 5.74) is -0.0791. The van der Waals surface area contributed by atoms with Crippen molar-refractivity contribution in [1.82, 2.24) is 0 Å². The fourth-order valence-electron chi connectivity index (χ4n) is 2.36. The number of carbonyl (C=O) groups is 3. The van der Waals surface area contributed by atoms with Gasteiger partial charge in [0.2, 0.25) is 0 Å². The molecule has 0 N–H and O–H groups in total. The van der Waals surface area contributed by atoms with Crippen molar-refractivity contribution < 1.29 is 28.6 Å². The monoisotopic (exact) mass is 332 g/mol. The first-order valence-corrected chi connectivity index (χ1v) is 7.84. The van der Waals surface area contributed by atoms with Gasteiger partial charge < -0.3 is 14.2 Å². The fourth-order valence-corrected chi connectivity index (χ4v) is 2.36. The quantitative estimate of drug-likeness (QED) is 0.434.